The van der Waals surface area contributed by atoms with Crippen LogP contribution >= 0.6 is 0 Å². The van der Waals surface area contributed by atoms with Crippen LogP contribution in [-0.2, 0) is 33.3 Å². The van der Waals surface area contributed by atoms with E-state index in [0.29, 0.717) is 77.3 Å². The molecule has 2 amide bonds. The van der Waals surface area contributed by atoms with Crippen molar-refractivity contribution in [1.29, 1.82) is 0 Å². The van der Waals surface area contributed by atoms with E-state index in [4.69, 9.17) is 23.7 Å². The monoisotopic (exact) mass is 885 g/mol. The number of hydrogen-bond acceptors (Lipinski definition) is 10. The van der Waals surface area contributed by atoms with Gasteiger partial charge in [-0.1, -0.05) is 73.6 Å². The topological polar surface area (TPSA) is 173 Å². The first-order chi connectivity index (χ1) is 29.6. The summed E-state index contributed by atoms with van der Waals surface area (Å²) in [5.74, 6) is -5.66. The van der Waals surface area contributed by atoms with E-state index in [0.717, 1.165) is 6.42 Å². The van der Waals surface area contributed by atoms with E-state index in [1.165, 1.54) is 0 Å². The second-order valence-corrected chi connectivity index (χ2v) is 20.9. The molecule has 13 heteroatoms. The molecule has 356 valence electrons. The van der Waals surface area contributed by atoms with Gasteiger partial charge in [-0.05, 0) is 96.0 Å². The Morgan fingerprint density at radius 1 is 0.921 bits per heavy atom. The summed E-state index contributed by atoms with van der Waals surface area (Å²) < 4.78 is 34.9. The molecule has 5 heterocycles. The maximum atomic E-state index is 14.9. The molecule has 13 nitrogen and oxygen atoms in total. The molecule has 63 heavy (non-hydrogen) atoms. The molecule has 5 fully saturated rings. The lowest BCUT2D eigenvalue weighted by molar-refractivity contribution is -0.398. The average molecular weight is 885 g/mol. The maximum absolute atomic E-state index is 14.9. The molecule has 0 radical (unpaired) electrons. The number of carboxylic acids is 1. The van der Waals surface area contributed by atoms with Gasteiger partial charge in [-0.15, -0.1) is 13.2 Å². The number of aliphatic hydroxyl groups is 2. The molecule has 6 rings (SSSR count). The number of carbonyl (C=O) groups is 3. The van der Waals surface area contributed by atoms with Gasteiger partial charge in [0.05, 0.1) is 53.2 Å². The van der Waals surface area contributed by atoms with Crippen LogP contribution in [0.3, 0.4) is 0 Å². The number of ether oxygens (including phenoxy) is 5. The van der Waals surface area contributed by atoms with Crippen molar-refractivity contribution in [3.05, 3.63) is 37.5 Å². The van der Waals surface area contributed by atoms with Crippen LogP contribution in [0.1, 0.15) is 140 Å². The number of nitrogens with one attached hydrogen (secondary N) is 1. The third-order valence-corrected chi connectivity index (χ3v) is 17.0. The van der Waals surface area contributed by atoms with Gasteiger partial charge >= 0.3 is 12.0 Å². The summed E-state index contributed by atoms with van der Waals surface area (Å²) in [5.41, 5.74) is -3.17. The van der Waals surface area contributed by atoms with E-state index in [2.05, 4.69) is 39.2 Å². The molecular weight excluding hydrogens is 805 g/mol. The number of ketones is 1. The van der Waals surface area contributed by atoms with E-state index in [-0.39, 0.29) is 35.7 Å². The second-order valence-electron chi connectivity index (χ2n) is 20.9. The van der Waals surface area contributed by atoms with Gasteiger partial charge in [0.25, 0.3) is 0 Å². The minimum Gasteiger partial charge on any atom is -0.481 e. The molecule has 6 aliphatic rings. The van der Waals surface area contributed by atoms with Crippen molar-refractivity contribution in [3.63, 3.8) is 0 Å². The molecule has 5 aliphatic heterocycles. The first-order valence-electron chi connectivity index (χ1n) is 24.1. The van der Waals surface area contributed by atoms with Crippen LogP contribution < -0.4 is 5.32 Å². The summed E-state index contributed by atoms with van der Waals surface area (Å²) in [7, 11) is 0. The SMILES string of the molecule is C=CCN(CC=C)C(=O)N[C@@H]1C=C[C@]2(O[C@H](C(CC)C(=O)[C@@H](C)[C@@H](O)C3(C)C[C@]34O[C@@H]([C@@H](CC)C(=O)O)CC[C@@H]4C)[C@@H](C)C[C@H]2C)O[C@@]12CC[C@@](C)([C@H]1CC[C@](O)(CC)[C@H](C)O1)O2. The Labute approximate surface area is 376 Å². The zero-order chi connectivity index (χ0) is 46.5. The fourth-order valence-electron chi connectivity index (χ4n) is 12.5. The summed E-state index contributed by atoms with van der Waals surface area (Å²) in [6, 6.07) is -1.04. The van der Waals surface area contributed by atoms with Crippen molar-refractivity contribution in [2.24, 2.45) is 40.9 Å². The lowest BCUT2D eigenvalue weighted by Gasteiger charge is -2.55. The molecule has 4 saturated heterocycles. The van der Waals surface area contributed by atoms with Gasteiger partial charge < -0.3 is 49.2 Å². The third-order valence-electron chi connectivity index (χ3n) is 17.0. The van der Waals surface area contributed by atoms with Gasteiger partial charge in [-0.25, -0.2) is 4.79 Å². The Morgan fingerprint density at radius 2 is 1.59 bits per heavy atom. The average Bonchev–Trinajstić information content (AvgIpc) is 3.70. The molecule has 0 aromatic heterocycles. The van der Waals surface area contributed by atoms with Gasteiger partial charge in [-0.3, -0.25) is 9.59 Å². The summed E-state index contributed by atoms with van der Waals surface area (Å²) in [6.07, 6.45) is 10.7. The highest BCUT2D eigenvalue weighted by Gasteiger charge is 2.74. The fourth-order valence-corrected chi connectivity index (χ4v) is 12.5. The van der Waals surface area contributed by atoms with E-state index in [9.17, 15) is 29.7 Å². The van der Waals surface area contributed by atoms with Crippen molar-refractivity contribution < 1.29 is 53.4 Å². The van der Waals surface area contributed by atoms with Crippen LogP contribution in [0.4, 0.5) is 4.79 Å². The van der Waals surface area contributed by atoms with Crippen molar-refractivity contribution in [1.82, 2.24) is 10.2 Å². The number of Topliss-reactive ketones (excluding diaryl/α,β-unsaturated/α-hetero) is 1. The number of amides is 2. The predicted octanol–water partition coefficient (Wildman–Crippen LogP) is 7.72. The largest absolute Gasteiger partial charge is 0.481 e. The summed E-state index contributed by atoms with van der Waals surface area (Å²) in [4.78, 5) is 42.5. The van der Waals surface area contributed by atoms with Crippen LogP contribution in [0.15, 0.2) is 37.5 Å². The highest BCUT2D eigenvalue weighted by Crippen LogP contribution is 2.68. The molecule has 0 aromatic rings. The van der Waals surface area contributed by atoms with Crippen molar-refractivity contribution >= 4 is 17.8 Å². The van der Waals surface area contributed by atoms with Crippen LogP contribution in [0.25, 0.3) is 0 Å². The van der Waals surface area contributed by atoms with Crippen LogP contribution in [0.2, 0.25) is 0 Å². The summed E-state index contributed by atoms with van der Waals surface area (Å²) in [5, 5.41) is 36.6. The number of rotatable bonds is 16. The van der Waals surface area contributed by atoms with E-state index >= 15 is 0 Å². The molecule has 1 saturated carbocycles. The Kier molecular flexibility index (Phi) is 14.7. The Morgan fingerprint density at radius 3 is 2.17 bits per heavy atom. The Balaban J connectivity index is 1.26. The zero-order valence-corrected chi connectivity index (χ0v) is 39.9. The first kappa shape index (κ1) is 49.8. The quantitative estimate of drug-likeness (QED) is 0.112. The molecule has 18 atom stereocenters. The molecule has 1 aliphatic carbocycles. The van der Waals surface area contributed by atoms with Crippen molar-refractivity contribution in [2.45, 2.75) is 205 Å². The number of hydrogen-bond donors (Lipinski definition) is 4. The number of carboxylic acid groups (broad SMARTS) is 1. The van der Waals surface area contributed by atoms with Gasteiger partial charge in [0.2, 0.25) is 0 Å². The molecule has 0 bridgehead atoms. The Bertz CT molecular complexity index is 1730. The number of urea groups is 1. The minimum atomic E-state index is -1.37. The van der Waals surface area contributed by atoms with Crippen molar-refractivity contribution in [2.75, 3.05) is 13.1 Å². The first-order valence-corrected chi connectivity index (χ1v) is 24.1. The molecule has 3 spiro atoms. The summed E-state index contributed by atoms with van der Waals surface area (Å²) >= 11 is 0. The summed E-state index contributed by atoms with van der Waals surface area (Å²) in [6.45, 7) is 28.1. The number of nitrogens with zero attached hydrogens (tertiary/aromatic N) is 1. The Hall–Kier alpha value is -2.65. The minimum absolute atomic E-state index is 0.0304. The van der Waals surface area contributed by atoms with Gasteiger partial charge in [0, 0.05) is 42.7 Å². The normalized spacial score (nSPS) is 44.1. The molecule has 2 unspecified atom stereocenters. The van der Waals surface area contributed by atoms with Gasteiger partial charge in [0.15, 0.2) is 11.6 Å². The fraction of sp³-hybridized carbons (Fsp3) is 0.820. The third kappa shape index (κ3) is 8.75. The number of carbonyl (C=O) groups excluding carboxylic acids is 2. The predicted molar refractivity (Wildman–Crippen MR) is 239 cm³/mol. The standard InChI is InChI=1S/C50H80N2O11/c1-13-26-52(27-14-2)44(57)51-38-20-23-49(63-50(38)25-24-46(12,62-50)39-21-22-47(58,17-5)34(10)59-39)32(8)28-30(6)41(61-49)36(16-4)40(53)33(9)42(54)45(11)29-48(45)31(7)18-19-37(60-48)35(15-3)43(55)56/h13-14,20,23,30-39,41-42,54,58H,1-2,15-19,21-22,24-29H2,3-12H3,(H,51,57)(H,55,56)/t30-,31-,32+,33+,34-,35+,36?,37+,38+,39+,41-,42+,45?,46-,47+,48+,49-,50-/m0/s1. The highest BCUT2D eigenvalue weighted by molar-refractivity contribution is 5.84. The second kappa shape index (κ2) is 18.6. The molecule has 0 aromatic carbocycles. The molecule has 4 N–H and O–H groups in total. The zero-order valence-electron chi connectivity index (χ0n) is 39.9. The highest BCUT2D eigenvalue weighted by atomic mass is 16.8. The maximum Gasteiger partial charge on any atom is 0.318 e. The lowest BCUT2D eigenvalue weighted by Crippen LogP contribution is -2.66. The van der Waals surface area contributed by atoms with Crippen LogP contribution in [0.5, 0.6) is 0 Å². The van der Waals surface area contributed by atoms with E-state index < -0.39 is 88.0 Å². The number of aliphatic carboxylic acids is 1. The lowest BCUT2D eigenvalue weighted by atomic mass is 9.72. The van der Waals surface area contributed by atoms with Gasteiger partial charge in [0.1, 0.15) is 11.8 Å². The van der Waals surface area contributed by atoms with Crippen LogP contribution in [-0.4, -0.2) is 116 Å². The van der Waals surface area contributed by atoms with Crippen molar-refractivity contribution in [3.8, 4) is 0 Å². The number of aliphatic hydroxyl groups excluding tert-OH is 1. The smallest absolute Gasteiger partial charge is 0.318 e. The van der Waals surface area contributed by atoms with E-state index in [1.807, 2.05) is 53.7 Å². The molecular formula is C50H80N2O11. The van der Waals surface area contributed by atoms with E-state index in [1.54, 1.807) is 24.0 Å². The van der Waals surface area contributed by atoms with Crippen LogP contribution in [0, 0.1) is 40.9 Å². The van der Waals surface area contributed by atoms with Gasteiger partial charge in [-0.2, -0.15) is 0 Å².